The van der Waals surface area contributed by atoms with E-state index in [1.54, 1.807) is 0 Å². The Morgan fingerprint density at radius 2 is 1.00 bits per heavy atom. The molecule has 3 nitrogen and oxygen atoms in total. The van der Waals surface area contributed by atoms with Crippen LogP contribution in [0.4, 0.5) is 5.69 Å². The van der Waals surface area contributed by atoms with E-state index in [9.17, 15) is 9.59 Å². The topological polar surface area (TPSA) is 37.4 Å². The predicted molar refractivity (Wildman–Crippen MR) is 146 cm³/mol. The number of imide groups is 1. The molecule has 4 aromatic rings. The Labute approximate surface area is 216 Å². The van der Waals surface area contributed by atoms with Crippen LogP contribution in [-0.2, 0) is 9.59 Å². The van der Waals surface area contributed by atoms with Crippen LogP contribution in [0.2, 0.25) is 0 Å². The summed E-state index contributed by atoms with van der Waals surface area (Å²) in [5.74, 6) is -1.10. The minimum absolute atomic E-state index is 0.0873. The summed E-state index contributed by atoms with van der Waals surface area (Å²) in [5, 5.41) is 0. The van der Waals surface area contributed by atoms with Crippen LogP contribution in [0.1, 0.15) is 11.1 Å². The molecule has 0 unspecified atom stereocenters. The lowest BCUT2D eigenvalue weighted by molar-refractivity contribution is -0.122. The highest BCUT2D eigenvalue weighted by Gasteiger charge is 2.62. The minimum Gasteiger partial charge on any atom is -0.274 e. The Hall–Kier alpha value is -4.50. The molecule has 4 aromatic carbocycles. The van der Waals surface area contributed by atoms with Crippen molar-refractivity contribution in [2.75, 3.05) is 4.90 Å². The van der Waals surface area contributed by atoms with Gasteiger partial charge in [-0.1, -0.05) is 121 Å². The SMILES string of the molecule is O=C1[C@H]2[C@H](C(=O)N1c1ccccc1-c1ccccc1)[C@H]1C=C[C@H]2C1=C(c1ccccc1)c1ccccc1. The first-order valence-corrected chi connectivity index (χ1v) is 12.8. The Morgan fingerprint density at radius 3 is 1.54 bits per heavy atom. The number of para-hydroxylation sites is 1. The number of carbonyl (C=O) groups is 2. The molecular weight excluding hydrogens is 454 g/mol. The first kappa shape index (κ1) is 21.8. The summed E-state index contributed by atoms with van der Waals surface area (Å²) in [6.45, 7) is 0. The van der Waals surface area contributed by atoms with Gasteiger partial charge in [0.05, 0.1) is 17.5 Å². The third kappa shape index (κ3) is 3.27. The first-order valence-electron chi connectivity index (χ1n) is 12.8. The molecule has 1 aliphatic heterocycles. The zero-order chi connectivity index (χ0) is 24.9. The van der Waals surface area contributed by atoms with E-state index in [1.807, 2.05) is 91.0 Å². The van der Waals surface area contributed by atoms with E-state index >= 15 is 0 Å². The summed E-state index contributed by atoms with van der Waals surface area (Å²) in [4.78, 5) is 29.6. The van der Waals surface area contributed by atoms with Crippen LogP contribution >= 0.6 is 0 Å². The molecule has 0 radical (unpaired) electrons. The number of hydrogen-bond donors (Lipinski definition) is 0. The van der Waals surface area contributed by atoms with Gasteiger partial charge in [-0.2, -0.15) is 0 Å². The monoisotopic (exact) mass is 479 g/mol. The highest BCUT2D eigenvalue weighted by Crippen LogP contribution is 2.59. The molecule has 3 aliphatic rings. The molecule has 1 heterocycles. The molecule has 0 N–H and O–H groups in total. The highest BCUT2D eigenvalue weighted by molar-refractivity contribution is 6.24. The lowest BCUT2D eigenvalue weighted by Gasteiger charge is -2.23. The van der Waals surface area contributed by atoms with Crippen molar-refractivity contribution >= 4 is 23.1 Å². The molecule has 2 aliphatic carbocycles. The van der Waals surface area contributed by atoms with E-state index in [0.29, 0.717) is 5.69 Å². The van der Waals surface area contributed by atoms with E-state index < -0.39 is 0 Å². The van der Waals surface area contributed by atoms with Gasteiger partial charge in [0.15, 0.2) is 0 Å². The molecule has 2 bridgehead atoms. The van der Waals surface area contributed by atoms with Gasteiger partial charge in [-0.3, -0.25) is 9.59 Å². The fourth-order valence-corrected chi connectivity index (χ4v) is 6.57. The number of anilines is 1. The number of fused-ring (bicyclic) bond motifs is 5. The molecule has 0 spiro atoms. The van der Waals surface area contributed by atoms with Crippen molar-refractivity contribution in [3.05, 3.63) is 144 Å². The van der Waals surface area contributed by atoms with Crippen molar-refractivity contribution in [2.24, 2.45) is 23.7 Å². The van der Waals surface area contributed by atoms with Crippen molar-refractivity contribution in [3.8, 4) is 11.1 Å². The number of benzene rings is 4. The van der Waals surface area contributed by atoms with Gasteiger partial charge in [0.25, 0.3) is 0 Å². The number of amides is 2. The quantitative estimate of drug-likeness (QED) is 0.239. The van der Waals surface area contributed by atoms with E-state index in [4.69, 9.17) is 0 Å². The van der Waals surface area contributed by atoms with Crippen LogP contribution in [0.3, 0.4) is 0 Å². The zero-order valence-electron chi connectivity index (χ0n) is 20.2. The van der Waals surface area contributed by atoms with Crippen LogP contribution in [0.5, 0.6) is 0 Å². The number of allylic oxidation sites excluding steroid dienone is 3. The summed E-state index contributed by atoms with van der Waals surface area (Å²) in [5.41, 5.74) is 7.15. The standard InChI is InChI=1S/C34H25NO2/c36-33-31-26-20-21-27(30(26)29(23-14-6-2-7-15-23)24-16-8-3-9-17-24)32(31)34(37)35(33)28-19-11-10-18-25(28)22-12-4-1-5-13-22/h1-21,26-27,31-32H/t26-,27-,31+,32+/m0/s1. The molecule has 2 fully saturated rings. The fourth-order valence-electron chi connectivity index (χ4n) is 6.57. The predicted octanol–water partition coefficient (Wildman–Crippen LogP) is 6.78. The van der Waals surface area contributed by atoms with Gasteiger partial charge < -0.3 is 0 Å². The Balaban J connectivity index is 1.35. The van der Waals surface area contributed by atoms with Crippen molar-refractivity contribution < 1.29 is 9.59 Å². The second kappa shape index (κ2) is 8.56. The normalized spacial score (nSPS) is 23.6. The summed E-state index contributed by atoms with van der Waals surface area (Å²) in [6.07, 6.45) is 4.32. The van der Waals surface area contributed by atoms with Crippen molar-refractivity contribution in [2.45, 2.75) is 0 Å². The largest absolute Gasteiger partial charge is 0.274 e. The summed E-state index contributed by atoms with van der Waals surface area (Å²) in [7, 11) is 0. The molecule has 0 aromatic heterocycles. The molecular formula is C34H25NO2. The van der Waals surface area contributed by atoms with E-state index in [1.165, 1.54) is 10.5 Å². The maximum Gasteiger partial charge on any atom is 0.238 e. The molecule has 1 saturated carbocycles. The van der Waals surface area contributed by atoms with Gasteiger partial charge in [0.2, 0.25) is 11.8 Å². The number of rotatable bonds is 4. The maximum absolute atomic E-state index is 14.1. The lowest BCUT2D eigenvalue weighted by atomic mass is 9.85. The number of nitrogens with zero attached hydrogens (tertiary/aromatic N) is 1. The van der Waals surface area contributed by atoms with Crippen LogP contribution in [0.15, 0.2) is 133 Å². The number of carbonyl (C=O) groups excluding carboxylic acids is 2. The number of hydrogen-bond acceptors (Lipinski definition) is 2. The molecule has 3 heteroatoms. The Bertz CT molecular complexity index is 1490. The van der Waals surface area contributed by atoms with Gasteiger partial charge in [0, 0.05) is 17.4 Å². The summed E-state index contributed by atoms with van der Waals surface area (Å²) in [6, 6.07) is 38.4. The minimum atomic E-state index is -0.372. The second-order valence-electron chi connectivity index (χ2n) is 9.95. The van der Waals surface area contributed by atoms with Gasteiger partial charge in [0.1, 0.15) is 0 Å². The zero-order valence-corrected chi connectivity index (χ0v) is 20.2. The lowest BCUT2D eigenvalue weighted by Crippen LogP contribution is -2.33. The molecule has 7 rings (SSSR count). The summed E-state index contributed by atoms with van der Waals surface area (Å²) < 4.78 is 0. The fraction of sp³-hybridized carbons (Fsp3) is 0.118. The Morgan fingerprint density at radius 1 is 0.541 bits per heavy atom. The molecule has 178 valence electrons. The van der Waals surface area contributed by atoms with Crippen LogP contribution < -0.4 is 4.90 Å². The first-order chi connectivity index (χ1) is 18.2. The summed E-state index contributed by atoms with van der Waals surface area (Å²) >= 11 is 0. The van der Waals surface area contributed by atoms with E-state index in [2.05, 4.69) is 36.4 Å². The van der Waals surface area contributed by atoms with Crippen molar-refractivity contribution in [1.29, 1.82) is 0 Å². The van der Waals surface area contributed by atoms with Gasteiger partial charge in [-0.05, 0) is 33.9 Å². The Kier molecular flexibility index (Phi) is 5.03. The van der Waals surface area contributed by atoms with Gasteiger partial charge in [-0.25, -0.2) is 4.90 Å². The average Bonchev–Trinajstić information content (AvgIpc) is 3.59. The smallest absolute Gasteiger partial charge is 0.238 e. The molecule has 37 heavy (non-hydrogen) atoms. The molecule has 2 amide bonds. The third-order valence-corrected chi connectivity index (χ3v) is 8.06. The van der Waals surface area contributed by atoms with E-state index in [-0.39, 0.29) is 35.5 Å². The van der Waals surface area contributed by atoms with Crippen LogP contribution in [-0.4, -0.2) is 11.8 Å². The molecule has 4 atom stereocenters. The van der Waals surface area contributed by atoms with E-state index in [0.717, 1.165) is 27.8 Å². The van der Waals surface area contributed by atoms with Crippen LogP contribution in [0.25, 0.3) is 16.7 Å². The second-order valence-corrected chi connectivity index (χ2v) is 9.95. The van der Waals surface area contributed by atoms with Gasteiger partial charge >= 0.3 is 0 Å². The third-order valence-electron chi connectivity index (χ3n) is 8.06. The van der Waals surface area contributed by atoms with Crippen molar-refractivity contribution in [3.63, 3.8) is 0 Å². The average molecular weight is 480 g/mol. The van der Waals surface area contributed by atoms with Gasteiger partial charge in [-0.15, -0.1) is 0 Å². The highest BCUT2D eigenvalue weighted by atomic mass is 16.2. The van der Waals surface area contributed by atoms with Crippen LogP contribution in [0, 0.1) is 23.7 Å². The molecule has 1 saturated heterocycles. The van der Waals surface area contributed by atoms with Crippen molar-refractivity contribution in [1.82, 2.24) is 0 Å². The maximum atomic E-state index is 14.1.